The van der Waals surface area contributed by atoms with E-state index in [0.29, 0.717) is 11.6 Å². The molecule has 2 rings (SSSR count). The average Bonchev–Trinajstić information content (AvgIpc) is 2.73. The van der Waals surface area contributed by atoms with Gasteiger partial charge in [-0.3, -0.25) is 4.79 Å². The van der Waals surface area contributed by atoms with Crippen molar-refractivity contribution in [2.75, 3.05) is 5.73 Å². The lowest BCUT2D eigenvalue weighted by molar-refractivity contribution is 0.0993. The number of aromatic nitrogens is 1. The molecule has 0 radical (unpaired) electrons. The largest absolute Gasteiger partial charge is 0.473 e. The highest BCUT2D eigenvalue weighted by molar-refractivity contribution is 5.91. The fourth-order valence-electron chi connectivity index (χ4n) is 1.85. The molecule has 0 unspecified atom stereocenters. The predicted molar refractivity (Wildman–Crippen MR) is 60.1 cm³/mol. The number of rotatable bonds is 3. The lowest BCUT2D eigenvalue weighted by Crippen LogP contribution is -2.17. The molecule has 0 spiro atoms. The molecular formula is C11H15N3O2. The maximum atomic E-state index is 11.0. The van der Waals surface area contributed by atoms with Crippen LogP contribution in [0.3, 0.4) is 0 Å². The van der Waals surface area contributed by atoms with Crippen molar-refractivity contribution in [3.63, 3.8) is 0 Å². The van der Waals surface area contributed by atoms with Gasteiger partial charge in [0.15, 0.2) is 0 Å². The zero-order valence-corrected chi connectivity index (χ0v) is 8.98. The molecule has 0 aromatic carbocycles. The summed E-state index contributed by atoms with van der Waals surface area (Å²) in [6, 6.07) is 3.09. The number of ether oxygens (including phenoxy) is 1. The van der Waals surface area contributed by atoms with E-state index in [0.717, 1.165) is 12.8 Å². The van der Waals surface area contributed by atoms with Crippen LogP contribution in [0.15, 0.2) is 12.1 Å². The van der Waals surface area contributed by atoms with Crippen LogP contribution < -0.4 is 16.2 Å². The SMILES string of the molecule is NC(=O)c1ccc(N)c(OC2CCCC2)n1. The van der Waals surface area contributed by atoms with Crippen LogP contribution in [0.25, 0.3) is 0 Å². The summed E-state index contributed by atoms with van der Waals surface area (Å²) in [6.45, 7) is 0. The van der Waals surface area contributed by atoms with E-state index in [-0.39, 0.29) is 11.8 Å². The number of hydrogen-bond acceptors (Lipinski definition) is 4. The fraction of sp³-hybridized carbons (Fsp3) is 0.455. The normalized spacial score (nSPS) is 16.2. The number of anilines is 1. The van der Waals surface area contributed by atoms with Gasteiger partial charge in [0.05, 0.1) is 5.69 Å². The Morgan fingerprint density at radius 3 is 2.69 bits per heavy atom. The monoisotopic (exact) mass is 221 g/mol. The summed E-state index contributed by atoms with van der Waals surface area (Å²) in [5, 5.41) is 0. The summed E-state index contributed by atoms with van der Waals surface area (Å²) in [4.78, 5) is 15.0. The number of nitrogen functional groups attached to an aromatic ring is 1. The molecule has 86 valence electrons. The van der Waals surface area contributed by atoms with Crippen molar-refractivity contribution in [3.8, 4) is 5.88 Å². The van der Waals surface area contributed by atoms with Gasteiger partial charge in [0, 0.05) is 0 Å². The van der Waals surface area contributed by atoms with Crippen molar-refractivity contribution in [2.45, 2.75) is 31.8 Å². The van der Waals surface area contributed by atoms with Crippen LogP contribution in [-0.2, 0) is 0 Å². The Bertz CT molecular complexity index is 400. The number of pyridine rings is 1. The molecule has 0 aliphatic heterocycles. The van der Waals surface area contributed by atoms with E-state index in [4.69, 9.17) is 16.2 Å². The molecule has 1 saturated carbocycles. The van der Waals surface area contributed by atoms with Crippen LogP contribution in [0.5, 0.6) is 5.88 Å². The van der Waals surface area contributed by atoms with E-state index in [9.17, 15) is 4.79 Å². The minimum Gasteiger partial charge on any atom is -0.473 e. The first-order chi connectivity index (χ1) is 7.66. The summed E-state index contributed by atoms with van der Waals surface area (Å²) < 4.78 is 5.65. The molecule has 1 fully saturated rings. The molecular weight excluding hydrogens is 206 g/mol. The first-order valence-electron chi connectivity index (χ1n) is 5.40. The molecule has 1 aliphatic rings. The smallest absolute Gasteiger partial charge is 0.267 e. The Balaban J connectivity index is 2.17. The second kappa shape index (κ2) is 4.38. The van der Waals surface area contributed by atoms with Crippen LogP contribution in [0, 0.1) is 0 Å². The number of hydrogen-bond donors (Lipinski definition) is 2. The van der Waals surface area contributed by atoms with Gasteiger partial charge in [-0.25, -0.2) is 4.98 Å². The second-order valence-corrected chi connectivity index (χ2v) is 3.98. The van der Waals surface area contributed by atoms with Crippen molar-refractivity contribution in [2.24, 2.45) is 5.73 Å². The molecule has 1 aromatic heterocycles. The number of amides is 1. The zero-order valence-electron chi connectivity index (χ0n) is 8.98. The Morgan fingerprint density at radius 2 is 2.06 bits per heavy atom. The van der Waals surface area contributed by atoms with E-state index < -0.39 is 5.91 Å². The van der Waals surface area contributed by atoms with Gasteiger partial charge in [-0.05, 0) is 37.8 Å². The standard InChI is InChI=1S/C11H15N3O2/c12-8-5-6-9(10(13)15)14-11(8)16-7-3-1-2-4-7/h5-7H,1-4,12H2,(H2,13,15). The van der Waals surface area contributed by atoms with Crippen molar-refractivity contribution in [1.82, 2.24) is 4.98 Å². The van der Waals surface area contributed by atoms with Gasteiger partial charge in [-0.2, -0.15) is 0 Å². The maximum absolute atomic E-state index is 11.0. The third-order valence-corrected chi connectivity index (χ3v) is 2.72. The highest BCUT2D eigenvalue weighted by Crippen LogP contribution is 2.26. The molecule has 1 amide bonds. The van der Waals surface area contributed by atoms with Crippen molar-refractivity contribution < 1.29 is 9.53 Å². The number of nitrogens with zero attached hydrogens (tertiary/aromatic N) is 1. The minimum atomic E-state index is -0.573. The van der Waals surface area contributed by atoms with E-state index in [2.05, 4.69) is 4.98 Å². The highest BCUT2D eigenvalue weighted by Gasteiger charge is 2.18. The summed E-state index contributed by atoms with van der Waals surface area (Å²) in [5.41, 5.74) is 11.5. The van der Waals surface area contributed by atoms with Gasteiger partial charge in [0.25, 0.3) is 5.91 Å². The van der Waals surface area contributed by atoms with Crippen molar-refractivity contribution in [3.05, 3.63) is 17.8 Å². The maximum Gasteiger partial charge on any atom is 0.267 e. The third-order valence-electron chi connectivity index (χ3n) is 2.72. The summed E-state index contributed by atoms with van der Waals surface area (Å²) in [7, 11) is 0. The van der Waals surface area contributed by atoms with E-state index in [1.165, 1.54) is 18.9 Å². The summed E-state index contributed by atoms with van der Waals surface area (Å²) in [5.74, 6) is -0.250. The molecule has 1 aromatic rings. The predicted octanol–water partition coefficient (Wildman–Crippen LogP) is 1.08. The van der Waals surface area contributed by atoms with Gasteiger partial charge in [-0.1, -0.05) is 0 Å². The molecule has 4 N–H and O–H groups in total. The molecule has 0 atom stereocenters. The van der Waals surface area contributed by atoms with Crippen LogP contribution in [0.2, 0.25) is 0 Å². The van der Waals surface area contributed by atoms with Gasteiger partial charge < -0.3 is 16.2 Å². The number of primary amides is 1. The fourth-order valence-corrected chi connectivity index (χ4v) is 1.85. The van der Waals surface area contributed by atoms with E-state index in [1.54, 1.807) is 6.07 Å². The second-order valence-electron chi connectivity index (χ2n) is 3.98. The molecule has 5 heteroatoms. The average molecular weight is 221 g/mol. The Hall–Kier alpha value is -1.78. The minimum absolute atomic E-state index is 0.165. The van der Waals surface area contributed by atoms with E-state index >= 15 is 0 Å². The highest BCUT2D eigenvalue weighted by atomic mass is 16.5. The molecule has 1 aliphatic carbocycles. The van der Waals surface area contributed by atoms with Crippen LogP contribution >= 0.6 is 0 Å². The zero-order chi connectivity index (χ0) is 11.5. The van der Waals surface area contributed by atoms with Crippen molar-refractivity contribution >= 4 is 11.6 Å². The first kappa shape index (κ1) is 10.7. The summed E-state index contributed by atoms with van der Waals surface area (Å²) in [6.07, 6.45) is 4.53. The number of carbonyl (C=O) groups excluding carboxylic acids is 1. The third kappa shape index (κ3) is 2.24. The first-order valence-corrected chi connectivity index (χ1v) is 5.40. The van der Waals surface area contributed by atoms with Gasteiger partial charge in [0.1, 0.15) is 11.8 Å². The molecule has 0 saturated heterocycles. The van der Waals surface area contributed by atoms with Crippen LogP contribution in [-0.4, -0.2) is 17.0 Å². The molecule has 1 heterocycles. The number of nitrogens with two attached hydrogens (primary N) is 2. The Kier molecular flexibility index (Phi) is 2.94. The van der Waals surface area contributed by atoms with Gasteiger partial charge >= 0.3 is 0 Å². The lowest BCUT2D eigenvalue weighted by atomic mass is 10.3. The topological polar surface area (TPSA) is 91.2 Å². The molecule has 5 nitrogen and oxygen atoms in total. The molecule has 0 bridgehead atoms. The van der Waals surface area contributed by atoms with Gasteiger partial charge in [-0.15, -0.1) is 0 Å². The lowest BCUT2D eigenvalue weighted by Gasteiger charge is -2.13. The van der Waals surface area contributed by atoms with Crippen LogP contribution in [0.1, 0.15) is 36.2 Å². The quantitative estimate of drug-likeness (QED) is 0.799. The van der Waals surface area contributed by atoms with Crippen molar-refractivity contribution in [1.29, 1.82) is 0 Å². The van der Waals surface area contributed by atoms with E-state index in [1.807, 2.05) is 0 Å². The molecule has 16 heavy (non-hydrogen) atoms. The van der Waals surface area contributed by atoms with Crippen LogP contribution in [0.4, 0.5) is 5.69 Å². The number of carbonyl (C=O) groups is 1. The Labute approximate surface area is 93.8 Å². The Morgan fingerprint density at radius 1 is 1.38 bits per heavy atom. The summed E-state index contributed by atoms with van der Waals surface area (Å²) >= 11 is 0. The van der Waals surface area contributed by atoms with Gasteiger partial charge in [0.2, 0.25) is 5.88 Å².